The van der Waals surface area contributed by atoms with Crippen molar-refractivity contribution in [2.45, 2.75) is 38.5 Å². The van der Waals surface area contributed by atoms with E-state index in [-0.39, 0.29) is 12.2 Å². The maximum atomic E-state index is 13.0. The fraction of sp³-hybridized carbons (Fsp3) is 0.435. The minimum atomic E-state index is 0.0160. The second-order valence-electron chi connectivity index (χ2n) is 7.80. The lowest BCUT2D eigenvalue weighted by molar-refractivity contribution is 0.0846. The van der Waals surface area contributed by atoms with E-state index in [1.807, 2.05) is 29.7 Å². The van der Waals surface area contributed by atoms with Crippen molar-refractivity contribution < 1.29 is 19.0 Å². The molecular weight excluding hydrogens is 382 g/mol. The zero-order valence-electron chi connectivity index (χ0n) is 17.1. The molecular formula is C23H25N3O4. The number of fused-ring (bicyclic) bond motifs is 2. The standard InChI is InChI=1S/C23H25N3O4/c1-2-29-21-11-22-25-19(15-3-6-28-7-4-15)14-26(22)13-18(21)10-20(27)17-9-16-5-8-30-23(16)24-12-17/h9,11-15H,2-8,10H2,1H3. The molecule has 156 valence electrons. The van der Waals surface area contributed by atoms with Crippen LogP contribution in [-0.2, 0) is 17.6 Å². The number of pyridine rings is 2. The third-order valence-electron chi connectivity index (χ3n) is 5.80. The first-order valence-electron chi connectivity index (χ1n) is 10.6. The van der Waals surface area contributed by atoms with Gasteiger partial charge in [0, 0.05) is 73.3 Å². The Morgan fingerprint density at radius 2 is 2.10 bits per heavy atom. The Bertz CT molecular complexity index is 1090. The number of carbonyl (C=O) groups excluding carboxylic acids is 1. The van der Waals surface area contributed by atoms with E-state index in [0.717, 1.165) is 54.9 Å². The first-order valence-corrected chi connectivity index (χ1v) is 10.6. The summed E-state index contributed by atoms with van der Waals surface area (Å²) < 4.78 is 18.8. The van der Waals surface area contributed by atoms with E-state index >= 15 is 0 Å². The fourth-order valence-corrected chi connectivity index (χ4v) is 4.18. The third kappa shape index (κ3) is 3.65. The Labute approximate surface area is 175 Å². The molecule has 3 aromatic rings. The number of imidazole rings is 1. The van der Waals surface area contributed by atoms with E-state index in [0.29, 0.717) is 36.3 Å². The van der Waals surface area contributed by atoms with Gasteiger partial charge in [-0.15, -0.1) is 0 Å². The molecule has 0 aliphatic carbocycles. The molecule has 7 heteroatoms. The van der Waals surface area contributed by atoms with Crippen LogP contribution in [0, 0.1) is 0 Å². The number of aromatic nitrogens is 3. The highest BCUT2D eigenvalue weighted by Crippen LogP contribution is 2.29. The highest BCUT2D eigenvalue weighted by Gasteiger charge is 2.21. The minimum absolute atomic E-state index is 0.0160. The van der Waals surface area contributed by atoms with Crippen LogP contribution in [0.1, 0.15) is 52.9 Å². The predicted octanol–water partition coefficient (Wildman–Crippen LogP) is 3.38. The van der Waals surface area contributed by atoms with Gasteiger partial charge in [-0.3, -0.25) is 4.79 Å². The molecule has 0 N–H and O–H groups in total. The van der Waals surface area contributed by atoms with Crippen LogP contribution in [-0.4, -0.2) is 46.6 Å². The maximum absolute atomic E-state index is 13.0. The number of carbonyl (C=O) groups is 1. The van der Waals surface area contributed by atoms with Crippen LogP contribution in [0.4, 0.5) is 0 Å². The predicted molar refractivity (Wildman–Crippen MR) is 111 cm³/mol. The first-order chi connectivity index (χ1) is 14.7. The van der Waals surface area contributed by atoms with Crippen molar-refractivity contribution in [3.05, 3.63) is 53.1 Å². The maximum Gasteiger partial charge on any atom is 0.216 e. The van der Waals surface area contributed by atoms with Crippen LogP contribution < -0.4 is 9.47 Å². The number of hydrogen-bond donors (Lipinski definition) is 0. The van der Waals surface area contributed by atoms with Crippen LogP contribution in [0.5, 0.6) is 11.6 Å². The van der Waals surface area contributed by atoms with Crippen molar-refractivity contribution in [3.8, 4) is 11.6 Å². The van der Waals surface area contributed by atoms with Crippen molar-refractivity contribution in [2.24, 2.45) is 0 Å². The Hall–Kier alpha value is -2.93. The van der Waals surface area contributed by atoms with E-state index < -0.39 is 0 Å². The number of hydrogen-bond acceptors (Lipinski definition) is 6. The molecule has 0 bridgehead atoms. The average molecular weight is 407 g/mol. The fourth-order valence-electron chi connectivity index (χ4n) is 4.18. The summed E-state index contributed by atoms with van der Waals surface area (Å²) in [5.74, 6) is 1.78. The minimum Gasteiger partial charge on any atom is -0.493 e. The number of rotatable bonds is 6. The number of ketones is 1. The quantitative estimate of drug-likeness (QED) is 0.583. The summed E-state index contributed by atoms with van der Waals surface area (Å²) in [4.78, 5) is 22.1. The highest BCUT2D eigenvalue weighted by atomic mass is 16.5. The number of ether oxygens (including phenoxy) is 3. The van der Waals surface area contributed by atoms with Gasteiger partial charge < -0.3 is 18.6 Å². The first kappa shape index (κ1) is 19.1. The zero-order chi connectivity index (χ0) is 20.5. The van der Waals surface area contributed by atoms with E-state index in [1.54, 1.807) is 6.20 Å². The summed E-state index contributed by atoms with van der Waals surface area (Å²) in [5.41, 5.74) is 4.37. The van der Waals surface area contributed by atoms with Gasteiger partial charge in [-0.1, -0.05) is 0 Å². The molecule has 0 amide bonds. The van der Waals surface area contributed by atoms with Gasteiger partial charge in [0.15, 0.2) is 5.78 Å². The Balaban J connectivity index is 1.44. The number of Topliss-reactive ketones (excluding diaryl/α,β-unsaturated/α-hetero) is 1. The van der Waals surface area contributed by atoms with E-state index in [9.17, 15) is 4.79 Å². The topological polar surface area (TPSA) is 75.0 Å². The lowest BCUT2D eigenvalue weighted by atomic mass is 9.97. The van der Waals surface area contributed by atoms with Crippen molar-refractivity contribution in [1.29, 1.82) is 0 Å². The summed E-state index contributed by atoms with van der Waals surface area (Å²) in [5, 5.41) is 0. The molecule has 0 unspecified atom stereocenters. The second kappa shape index (κ2) is 8.07. The lowest BCUT2D eigenvalue weighted by Gasteiger charge is -2.19. The summed E-state index contributed by atoms with van der Waals surface area (Å²) in [6.45, 7) is 4.66. The van der Waals surface area contributed by atoms with Gasteiger partial charge in [0.1, 0.15) is 11.4 Å². The molecule has 2 aliphatic heterocycles. The van der Waals surface area contributed by atoms with Gasteiger partial charge in [0.2, 0.25) is 5.88 Å². The molecule has 5 rings (SSSR count). The SMILES string of the molecule is CCOc1cc2nc(C3CCOCC3)cn2cc1CC(=O)c1cnc2c(c1)CCO2. The monoisotopic (exact) mass is 407 g/mol. The lowest BCUT2D eigenvalue weighted by Crippen LogP contribution is -2.14. The Morgan fingerprint density at radius 3 is 2.93 bits per heavy atom. The van der Waals surface area contributed by atoms with Crippen molar-refractivity contribution in [3.63, 3.8) is 0 Å². The van der Waals surface area contributed by atoms with Gasteiger partial charge in [-0.2, -0.15) is 0 Å². The van der Waals surface area contributed by atoms with Gasteiger partial charge in [-0.05, 0) is 25.8 Å². The zero-order valence-corrected chi connectivity index (χ0v) is 17.1. The van der Waals surface area contributed by atoms with Crippen LogP contribution in [0.25, 0.3) is 5.65 Å². The smallest absolute Gasteiger partial charge is 0.216 e. The molecule has 1 saturated heterocycles. The van der Waals surface area contributed by atoms with Gasteiger partial charge >= 0.3 is 0 Å². The van der Waals surface area contributed by atoms with Crippen molar-refractivity contribution in [1.82, 2.24) is 14.4 Å². The Kier molecular flexibility index (Phi) is 5.12. The largest absolute Gasteiger partial charge is 0.493 e. The summed E-state index contributed by atoms with van der Waals surface area (Å²) in [7, 11) is 0. The van der Waals surface area contributed by atoms with Crippen LogP contribution in [0.3, 0.4) is 0 Å². The molecule has 30 heavy (non-hydrogen) atoms. The number of nitrogens with zero attached hydrogens (tertiary/aromatic N) is 3. The second-order valence-corrected chi connectivity index (χ2v) is 7.80. The summed E-state index contributed by atoms with van der Waals surface area (Å²) in [6, 6.07) is 3.83. The molecule has 7 nitrogen and oxygen atoms in total. The van der Waals surface area contributed by atoms with Crippen molar-refractivity contribution in [2.75, 3.05) is 26.4 Å². The van der Waals surface area contributed by atoms with E-state index in [1.165, 1.54) is 0 Å². The molecule has 0 atom stereocenters. The van der Waals surface area contributed by atoms with Gasteiger partial charge in [0.05, 0.1) is 18.9 Å². The van der Waals surface area contributed by atoms with E-state index in [2.05, 4.69) is 11.2 Å². The molecule has 0 radical (unpaired) electrons. The molecule has 5 heterocycles. The molecule has 2 aliphatic rings. The molecule has 0 spiro atoms. The van der Waals surface area contributed by atoms with Crippen LogP contribution >= 0.6 is 0 Å². The van der Waals surface area contributed by atoms with Gasteiger partial charge in [0.25, 0.3) is 0 Å². The molecule has 0 aromatic carbocycles. The summed E-state index contributed by atoms with van der Waals surface area (Å²) in [6.07, 6.45) is 8.67. The van der Waals surface area contributed by atoms with Gasteiger partial charge in [-0.25, -0.2) is 9.97 Å². The molecule has 1 fully saturated rings. The van der Waals surface area contributed by atoms with Crippen LogP contribution in [0.15, 0.2) is 30.7 Å². The molecule has 0 saturated carbocycles. The van der Waals surface area contributed by atoms with Crippen molar-refractivity contribution >= 4 is 11.4 Å². The van der Waals surface area contributed by atoms with Crippen LogP contribution in [0.2, 0.25) is 0 Å². The normalized spacial score (nSPS) is 16.4. The third-order valence-corrected chi connectivity index (χ3v) is 5.80. The summed E-state index contributed by atoms with van der Waals surface area (Å²) >= 11 is 0. The molecule has 3 aromatic heterocycles. The van der Waals surface area contributed by atoms with E-state index in [4.69, 9.17) is 19.2 Å². The Morgan fingerprint density at radius 1 is 1.23 bits per heavy atom. The average Bonchev–Trinajstić information content (AvgIpc) is 3.40. The highest BCUT2D eigenvalue weighted by molar-refractivity contribution is 5.97.